The van der Waals surface area contributed by atoms with Crippen LogP contribution in [0.3, 0.4) is 0 Å². The zero-order valence-electron chi connectivity index (χ0n) is 15.2. The van der Waals surface area contributed by atoms with E-state index in [9.17, 15) is 27.2 Å². The fraction of sp³-hybridized carbons (Fsp3) is 0.300. The van der Waals surface area contributed by atoms with Crippen LogP contribution in [0.15, 0.2) is 36.4 Å². The molecule has 1 heterocycles. The second-order valence-electron chi connectivity index (χ2n) is 6.73. The summed E-state index contributed by atoms with van der Waals surface area (Å²) in [6, 6.07) is 6.46. The van der Waals surface area contributed by atoms with E-state index in [1.54, 1.807) is 0 Å². The monoisotopic (exact) mass is 410 g/mol. The Kier molecular flexibility index (Phi) is 6.17. The largest absolute Gasteiger partial charge is 0.381 e. The van der Waals surface area contributed by atoms with Crippen LogP contribution in [-0.4, -0.2) is 37.1 Å². The fourth-order valence-corrected chi connectivity index (χ4v) is 3.12. The number of hydrogen-bond acceptors (Lipinski definition) is 3. The van der Waals surface area contributed by atoms with Crippen LogP contribution in [0.25, 0.3) is 0 Å². The number of rotatable bonds is 5. The van der Waals surface area contributed by atoms with E-state index in [1.807, 2.05) is 0 Å². The molecule has 3 rings (SSSR count). The Bertz CT molecular complexity index is 930. The second-order valence-corrected chi connectivity index (χ2v) is 6.73. The van der Waals surface area contributed by atoms with Crippen LogP contribution in [0, 0.1) is 23.3 Å². The molecule has 0 saturated carbocycles. The van der Waals surface area contributed by atoms with Crippen LogP contribution >= 0.6 is 0 Å². The predicted molar refractivity (Wildman–Crippen MR) is 95.3 cm³/mol. The Morgan fingerprint density at radius 3 is 1.93 bits per heavy atom. The highest BCUT2D eigenvalue weighted by atomic mass is 19.2. The van der Waals surface area contributed by atoms with Crippen molar-refractivity contribution in [2.45, 2.75) is 18.4 Å². The van der Waals surface area contributed by atoms with Crippen LogP contribution in [0.1, 0.15) is 33.6 Å². The zero-order chi connectivity index (χ0) is 21.0. The van der Waals surface area contributed by atoms with Gasteiger partial charge in [-0.1, -0.05) is 12.1 Å². The van der Waals surface area contributed by atoms with Crippen molar-refractivity contribution in [3.05, 3.63) is 70.8 Å². The van der Waals surface area contributed by atoms with Gasteiger partial charge in [0.2, 0.25) is 0 Å². The summed E-state index contributed by atoms with van der Waals surface area (Å²) in [4.78, 5) is 24.8. The first-order valence-corrected chi connectivity index (χ1v) is 8.89. The van der Waals surface area contributed by atoms with Crippen LogP contribution in [0.5, 0.6) is 0 Å². The number of benzene rings is 2. The normalized spacial score (nSPS) is 15.6. The van der Waals surface area contributed by atoms with E-state index >= 15 is 0 Å². The molecule has 2 amide bonds. The van der Waals surface area contributed by atoms with E-state index in [-0.39, 0.29) is 32.6 Å². The first-order valence-electron chi connectivity index (χ1n) is 8.89. The molecule has 0 aromatic heterocycles. The first kappa shape index (κ1) is 20.8. The van der Waals surface area contributed by atoms with E-state index < -0.39 is 51.7 Å². The summed E-state index contributed by atoms with van der Waals surface area (Å²) >= 11 is 0. The lowest BCUT2D eigenvalue weighted by atomic mass is 9.89. The van der Waals surface area contributed by atoms with Gasteiger partial charge in [0.15, 0.2) is 23.3 Å². The summed E-state index contributed by atoms with van der Waals surface area (Å²) in [6.45, 7) is 0.389. The molecule has 1 aliphatic heterocycles. The van der Waals surface area contributed by atoms with Gasteiger partial charge in [0.1, 0.15) is 0 Å². The SMILES string of the molecule is O=C(NCC1(NC(=O)c2cccc(F)c2F)CCOCC1)c1cccc(F)c1F. The summed E-state index contributed by atoms with van der Waals surface area (Å²) in [7, 11) is 0. The van der Waals surface area contributed by atoms with E-state index in [1.165, 1.54) is 12.1 Å². The molecule has 0 bridgehead atoms. The van der Waals surface area contributed by atoms with E-state index in [0.717, 1.165) is 24.3 Å². The second kappa shape index (κ2) is 8.60. The number of carbonyl (C=O) groups excluding carboxylic acids is 2. The number of ether oxygens (including phenoxy) is 1. The van der Waals surface area contributed by atoms with Crippen LogP contribution in [-0.2, 0) is 4.74 Å². The Morgan fingerprint density at radius 2 is 1.38 bits per heavy atom. The number of amides is 2. The van der Waals surface area contributed by atoms with Crippen LogP contribution in [0.2, 0.25) is 0 Å². The molecule has 0 aliphatic carbocycles. The van der Waals surface area contributed by atoms with Crippen molar-refractivity contribution in [1.82, 2.24) is 10.6 Å². The first-order chi connectivity index (χ1) is 13.8. The van der Waals surface area contributed by atoms with Gasteiger partial charge in [-0.25, -0.2) is 17.6 Å². The molecular weight excluding hydrogens is 392 g/mol. The highest BCUT2D eigenvalue weighted by Crippen LogP contribution is 2.22. The van der Waals surface area contributed by atoms with Crippen molar-refractivity contribution in [2.24, 2.45) is 0 Å². The van der Waals surface area contributed by atoms with Crippen LogP contribution in [0.4, 0.5) is 17.6 Å². The molecule has 154 valence electrons. The minimum Gasteiger partial charge on any atom is -0.381 e. The van der Waals surface area contributed by atoms with Crippen LogP contribution < -0.4 is 10.6 Å². The molecular formula is C20H18F4N2O3. The minimum absolute atomic E-state index is 0.131. The van der Waals surface area contributed by atoms with Gasteiger partial charge in [0.05, 0.1) is 16.7 Å². The third-order valence-electron chi connectivity index (χ3n) is 4.81. The molecule has 29 heavy (non-hydrogen) atoms. The highest BCUT2D eigenvalue weighted by Gasteiger charge is 2.36. The van der Waals surface area contributed by atoms with Gasteiger partial charge in [-0.15, -0.1) is 0 Å². The van der Waals surface area contributed by atoms with Crippen molar-refractivity contribution in [2.75, 3.05) is 19.8 Å². The smallest absolute Gasteiger partial charge is 0.254 e. The molecule has 1 fully saturated rings. The van der Waals surface area contributed by atoms with Crippen molar-refractivity contribution in [1.29, 1.82) is 0 Å². The number of halogens is 4. The molecule has 0 radical (unpaired) electrons. The fourth-order valence-electron chi connectivity index (χ4n) is 3.12. The highest BCUT2D eigenvalue weighted by molar-refractivity contribution is 5.96. The molecule has 1 aliphatic rings. The third kappa shape index (κ3) is 4.56. The molecule has 1 saturated heterocycles. The van der Waals surface area contributed by atoms with E-state index in [2.05, 4.69) is 10.6 Å². The molecule has 5 nitrogen and oxygen atoms in total. The maximum atomic E-state index is 13.9. The third-order valence-corrected chi connectivity index (χ3v) is 4.81. The Morgan fingerprint density at radius 1 is 0.862 bits per heavy atom. The lowest BCUT2D eigenvalue weighted by Gasteiger charge is -2.38. The average molecular weight is 410 g/mol. The van der Waals surface area contributed by atoms with Gasteiger partial charge in [0, 0.05) is 19.8 Å². The van der Waals surface area contributed by atoms with Crippen molar-refractivity contribution < 1.29 is 31.9 Å². The standard InChI is InChI=1S/C20H18F4N2O3/c21-14-5-1-3-12(16(14)23)18(27)25-11-20(7-9-29-10-8-20)26-19(28)13-4-2-6-15(22)17(13)24/h1-6H,7-11H2,(H,25,27)(H,26,28). The van der Waals surface area contributed by atoms with Crippen molar-refractivity contribution in [3.8, 4) is 0 Å². The number of hydrogen-bond donors (Lipinski definition) is 2. The van der Waals surface area contributed by atoms with Gasteiger partial charge < -0.3 is 15.4 Å². The molecule has 0 unspecified atom stereocenters. The Hall–Kier alpha value is -2.94. The summed E-state index contributed by atoms with van der Waals surface area (Å²) in [5.41, 5.74) is -1.97. The molecule has 2 aromatic carbocycles. The number of nitrogens with one attached hydrogen (secondary N) is 2. The van der Waals surface area contributed by atoms with E-state index in [4.69, 9.17) is 4.74 Å². The predicted octanol–water partition coefficient (Wildman–Crippen LogP) is 2.95. The van der Waals surface area contributed by atoms with E-state index in [0.29, 0.717) is 0 Å². The topological polar surface area (TPSA) is 67.4 Å². The molecule has 2 aromatic rings. The van der Waals surface area contributed by atoms with Gasteiger partial charge in [-0.3, -0.25) is 9.59 Å². The van der Waals surface area contributed by atoms with Gasteiger partial charge >= 0.3 is 0 Å². The molecule has 2 N–H and O–H groups in total. The number of carbonyl (C=O) groups is 2. The summed E-state index contributed by atoms with van der Waals surface area (Å²) in [6.07, 6.45) is 0.559. The maximum Gasteiger partial charge on any atom is 0.254 e. The zero-order valence-corrected chi connectivity index (χ0v) is 15.2. The van der Waals surface area contributed by atoms with Gasteiger partial charge in [-0.05, 0) is 37.1 Å². The quantitative estimate of drug-likeness (QED) is 0.745. The molecule has 0 spiro atoms. The lowest BCUT2D eigenvalue weighted by Crippen LogP contribution is -2.58. The van der Waals surface area contributed by atoms with Crippen molar-refractivity contribution >= 4 is 11.8 Å². The Labute approximate surface area is 164 Å². The van der Waals surface area contributed by atoms with Gasteiger partial charge in [-0.2, -0.15) is 0 Å². The molecule has 9 heteroatoms. The summed E-state index contributed by atoms with van der Waals surface area (Å²) in [5, 5.41) is 5.12. The summed E-state index contributed by atoms with van der Waals surface area (Å²) in [5.74, 6) is -6.59. The lowest BCUT2D eigenvalue weighted by molar-refractivity contribution is 0.0350. The summed E-state index contributed by atoms with van der Waals surface area (Å²) < 4.78 is 59.8. The maximum absolute atomic E-state index is 13.9. The average Bonchev–Trinajstić information content (AvgIpc) is 2.71. The minimum atomic E-state index is -1.28. The Balaban J connectivity index is 1.76. The van der Waals surface area contributed by atoms with Crippen molar-refractivity contribution in [3.63, 3.8) is 0 Å². The van der Waals surface area contributed by atoms with Gasteiger partial charge in [0.25, 0.3) is 11.8 Å². The molecule has 0 atom stereocenters.